The minimum atomic E-state index is -0.0757. The van der Waals surface area contributed by atoms with Gasteiger partial charge in [0.15, 0.2) is 0 Å². The topological polar surface area (TPSA) is 47.6 Å². The Labute approximate surface area is 162 Å². The molecule has 1 aliphatic heterocycles. The fraction of sp³-hybridized carbons (Fsp3) is 0.409. The van der Waals surface area contributed by atoms with E-state index in [-0.39, 0.29) is 12.1 Å². The smallest absolute Gasteiger partial charge is 0.315 e. The monoisotopic (exact) mass is 366 g/mol. The van der Waals surface area contributed by atoms with Crippen LogP contribution in [0.2, 0.25) is 0 Å². The standard InChI is InChI=1S/C22H30N4O/c1-25(2)21-10-8-18(9-11-21)16-23-22(27)24-20-12-14-26(15-13-20)17-19-6-4-3-5-7-19/h3-11,20H,12-17H2,1-2H3,(H2,23,24,27). The van der Waals surface area contributed by atoms with Crippen molar-refractivity contribution in [1.29, 1.82) is 0 Å². The Balaban J connectivity index is 1.36. The molecule has 2 aromatic rings. The Hall–Kier alpha value is -2.53. The molecule has 5 nitrogen and oxygen atoms in total. The highest BCUT2D eigenvalue weighted by atomic mass is 16.2. The van der Waals surface area contributed by atoms with Gasteiger partial charge in [-0.3, -0.25) is 4.90 Å². The molecule has 0 bridgehead atoms. The maximum Gasteiger partial charge on any atom is 0.315 e. The van der Waals surface area contributed by atoms with E-state index in [0.717, 1.165) is 43.7 Å². The van der Waals surface area contributed by atoms with E-state index in [0.29, 0.717) is 6.54 Å². The van der Waals surface area contributed by atoms with Crippen molar-refractivity contribution in [3.63, 3.8) is 0 Å². The van der Waals surface area contributed by atoms with Crippen molar-refractivity contribution >= 4 is 11.7 Å². The number of benzene rings is 2. The Kier molecular flexibility index (Phi) is 6.71. The lowest BCUT2D eigenvalue weighted by Gasteiger charge is -2.32. The summed E-state index contributed by atoms with van der Waals surface area (Å²) in [7, 11) is 4.04. The zero-order chi connectivity index (χ0) is 19.1. The quantitative estimate of drug-likeness (QED) is 0.825. The summed E-state index contributed by atoms with van der Waals surface area (Å²) in [5.74, 6) is 0. The van der Waals surface area contributed by atoms with Crippen molar-refractivity contribution in [1.82, 2.24) is 15.5 Å². The third-order valence-electron chi connectivity index (χ3n) is 5.08. The summed E-state index contributed by atoms with van der Waals surface area (Å²) in [5.41, 5.74) is 3.61. The molecule has 27 heavy (non-hydrogen) atoms. The minimum Gasteiger partial charge on any atom is -0.378 e. The predicted octanol–water partition coefficient (Wildman–Crippen LogP) is 3.22. The number of rotatable bonds is 6. The van der Waals surface area contributed by atoms with Crippen molar-refractivity contribution < 1.29 is 4.79 Å². The van der Waals surface area contributed by atoms with E-state index >= 15 is 0 Å². The zero-order valence-electron chi connectivity index (χ0n) is 16.3. The maximum absolute atomic E-state index is 12.2. The van der Waals surface area contributed by atoms with E-state index in [1.165, 1.54) is 5.56 Å². The molecule has 0 saturated carbocycles. The number of likely N-dealkylation sites (tertiary alicyclic amines) is 1. The van der Waals surface area contributed by atoms with Gasteiger partial charge in [-0.25, -0.2) is 4.79 Å². The largest absolute Gasteiger partial charge is 0.378 e. The van der Waals surface area contributed by atoms with Crippen LogP contribution in [-0.2, 0) is 13.1 Å². The lowest BCUT2D eigenvalue weighted by Crippen LogP contribution is -2.47. The van der Waals surface area contributed by atoms with Crippen molar-refractivity contribution in [2.24, 2.45) is 0 Å². The number of carbonyl (C=O) groups is 1. The van der Waals surface area contributed by atoms with Gasteiger partial charge in [0.25, 0.3) is 0 Å². The number of urea groups is 1. The number of carbonyl (C=O) groups excluding carboxylic acids is 1. The van der Waals surface area contributed by atoms with Gasteiger partial charge in [0.2, 0.25) is 0 Å². The number of nitrogens with one attached hydrogen (secondary N) is 2. The van der Waals surface area contributed by atoms with Gasteiger partial charge in [-0.1, -0.05) is 42.5 Å². The van der Waals surface area contributed by atoms with Crippen molar-refractivity contribution in [3.05, 3.63) is 65.7 Å². The van der Waals surface area contributed by atoms with Crippen LogP contribution in [0, 0.1) is 0 Å². The molecule has 5 heteroatoms. The van der Waals surface area contributed by atoms with Gasteiger partial charge >= 0.3 is 6.03 Å². The molecule has 1 aliphatic rings. The Morgan fingerprint density at radius 3 is 2.30 bits per heavy atom. The summed E-state index contributed by atoms with van der Waals surface area (Å²) in [6.07, 6.45) is 2.00. The number of nitrogens with zero attached hydrogens (tertiary/aromatic N) is 2. The molecule has 0 unspecified atom stereocenters. The van der Waals surface area contributed by atoms with Crippen LogP contribution >= 0.6 is 0 Å². The molecule has 0 aliphatic carbocycles. The Morgan fingerprint density at radius 1 is 1.00 bits per heavy atom. The zero-order valence-corrected chi connectivity index (χ0v) is 16.3. The van der Waals surface area contributed by atoms with Crippen molar-refractivity contribution in [3.8, 4) is 0 Å². The van der Waals surface area contributed by atoms with Crippen molar-refractivity contribution in [2.45, 2.75) is 32.0 Å². The minimum absolute atomic E-state index is 0.0757. The second-order valence-electron chi connectivity index (χ2n) is 7.42. The fourth-order valence-corrected chi connectivity index (χ4v) is 3.41. The first-order valence-corrected chi connectivity index (χ1v) is 9.67. The first kappa shape index (κ1) is 19.2. The second kappa shape index (κ2) is 9.42. The van der Waals surface area contributed by atoms with Crippen LogP contribution in [0.4, 0.5) is 10.5 Å². The van der Waals surface area contributed by atoms with Gasteiger partial charge in [-0.2, -0.15) is 0 Å². The van der Waals surface area contributed by atoms with Gasteiger partial charge < -0.3 is 15.5 Å². The molecule has 2 aromatic carbocycles. The van der Waals surface area contributed by atoms with Crippen LogP contribution in [-0.4, -0.2) is 44.2 Å². The highest BCUT2D eigenvalue weighted by Gasteiger charge is 2.20. The molecular formula is C22H30N4O. The first-order valence-electron chi connectivity index (χ1n) is 9.67. The third-order valence-corrected chi connectivity index (χ3v) is 5.08. The van der Waals surface area contributed by atoms with Gasteiger partial charge in [-0.05, 0) is 36.1 Å². The van der Waals surface area contributed by atoms with Crippen LogP contribution in [0.3, 0.4) is 0 Å². The average molecular weight is 367 g/mol. The van der Waals surface area contributed by atoms with Crippen LogP contribution in [0.25, 0.3) is 0 Å². The molecule has 1 saturated heterocycles. The molecule has 0 aromatic heterocycles. The molecular weight excluding hydrogens is 336 g/mol. The molecule has 0 spiro atoms. The summed E-state index contributed by atoms with van der Waals surface area (Å²) in [5, 5.41) is 6.09. The lowest BCUT2D eigenvalue weighted by atomic mass is 10.0. The third kappa shape index (κ3) is 6.00. The molecule has 0 atom stereocenters. The van der Waals surface area contributed by atoms with Gasteiger partial charge in [-0.15, -0.1) is 0 Å². The number of anilines is 1. The Bertz CT molecular complexity index is 707. The van der Waals surface area contributed by atoms with Gasteiger partial charge in [0.1, 0.15) is 0 Å². The molecule has 0 radical (unpaired) electrons. The number of hydrogen-bond acceptors (Lipinski definition) is 3. The van der Waals surface area contributed by atoms with E-state index in [2.05, 4.69) is 75.0 Å². The fourth-order valence-electron chi connectivity index (χ4n) is 3.41. The van der Waals surface area contributed by atoms with Gasteiger partial charge in [0.05, 0.1) is 0 Å². The van der Waals surface area contributed by atoms with E-state index in [1.807, 2.05) is 14.1 Å². The van der Waals surface area contributed by atoms with E-state index < -0.39 is 0 Å². The summed E-state index contributed by atoms with van der Waals surface area (Å²) < 4.78 is 0. The van der Waals surface area contributed by atoms with Crippen LogP contribution < -0.4 is 15.5 Å². The summed E-state index contributed by atoms with van der Waals surface area (Å²) in [6.45, 7) is 3.58. The Morgan fingerprint density at radius 2 is 1.67 bits per heavy atom. The number of piperidine rings is 1. The normalized spacial score (nSPS) is 15.3. The molecule has 2 amide bonds. The first-order chi connectivity index (χ1) is 13.1. The van der Waals surface area contributed by atoms with Gasteiger partial charge in [0, 0.05) is 52.0 Å². The van der Waals surface area contributed by atoms with Crippen LogP contribution in [0.1, 0.15) is 24.0 Å². The van der Waals surface area contributed by atoms with E-state index in [4.69, 9.17) is 0 Å². The molecule has 3 rings (SSSR count). The lowest BCUT2D eigenvalue weighted by molar-refractivity contribution is 0.186. The molecule has 1 fully saturated rings. The molecule has 2 N–H and O–H groups in total. The summed E-state index contributed by atoms with van der Waals surface area (Å²) in [4.78, 5) is 16.7. The summed E-state index contributed by atoms with van der Waals surface area (Å²) >= 11 is 0. The second-order valence-corrected chi connectivity index (χ2v) is 7.42. The summed E-state index contributed by atoms with van der Waals surface area (Å²) in [6, 6.07) is 19.0. The van der Waals surface area contributed by atoms with Crippen LogP contribution in [0.5, 0.6) is 0 Å². The van der Waals surface area contributed by atoms with Crippen molar-refractivity contribution in [2.75, 3.05) is 32.1 Å². The molecule has 1 heterocycles. The highest BCUT2D eigenvalue weighted by Crippen LogP contribution is 2.14. The number of amides is 2. The number of hydrogen-bond donors (Lipinski definition) is 2. The predicted molar refractivity (Wildman–Crippen MR) is 111 cm³/mol. The molecule has 144 valence electrons. The average Bonchev–Trinajstić information content (AvgIpc) is 2.69. The SMILES string of the molecule is CN(C)c1ccc(CNC(=O)NC2CCN(Cc3ccccc3)CC2)cc1. The van der Waals surface area contributed by atoms with E-state index in [9.17, 15) is 4.79 Å². The maximum atomic E-state index is 12.2. The van der Waals surface area contributed by atoms with E-state index in [1.54, 1.807) is 0 Å². The highest BCUT2D eigenvalue weighted by molar-refractivity contribution is 5.74. The van der Waals surface area contributed by atoms with Crippen LogP contribution in [0.15, 0.2) is 54.6 Å².